The number of aryl methyl sites for hydroxylation is 2. The number of nitrogens with zero attached hydrogens (tertiary/aromatic N) is 2. The number of hydrogen-bond acceptors (Lipinski definition) is 4. The van der Waals surface area contributed by atoms with Gasteiger partial charge in [-0.3, -0.25) is 13.9 Å². The molecule has 2 amide bonds. The van der Waals surface area contributed by atoms with Gasteiger partial charge in [-0.25, -0.2) is 8.42 Å². The highest BCUT2D eigenvalue weighted by molar-refractivity contribution is 7.92. The van der Waals surface area contributed by atoms with Crippen LogP contribution in [0.25, 0.3) is 0 Å². The topological polar surface area (TPSA) is 86.8 Å². The van der Waals surface area contributed by atoms with Crippen molar-refractivity contribution in [2.24, 2.45) is 0 Å². The first kappa shape index (κ1) is 28.9. The Balaban J connectivity index is 2.03. The number of carbonyl (C=O) groups excluding carboxylic acids is 2. The first-order valence-corrected chi connectivity index (χ1v) is 14.1. The maximum absolute atomic E-state index is 13.9. The molecule has 202 valence electrons. The molecule has 0 unspecified atom stereocenters. The van der Waals surface area contributed by atoms with Crippen molar-refractivity contribution >= 4 is 27.5 Å². The molecule has 0 aromatic heterocycles. The second kappa shape index (κ2) is 12.3. The molecule has 0 aliphatic heterocycles. The second-order valence-electron chi connectivity index (χ2n) is 9.87. The highest BCUT2D eigenvalue weighted by Gasteiger charge is 2.32. The third-order valence-corrected chi connectivity index (χ3v) is 8.41. The van der Waals surface area contributed by atoms with E-state index in [0.29, 0.717) is 5.69 Å². The van der Waals surface area contributed by atoms with Crippen molar-refractivity contribution in [1.82, 2.24) is 10.2 Å². The lowest BCUT2D eigenvalue weighted by molar-refractivity contribution is -0.139. The van der Waals surface area contributed by atoms with E-state index in [4.69, 9.17) is 0 Å². The van der Waals surface area contributed by atoms with Crippen LogP contribution >= 0.6 is 0 Å². The fraction of sp³-hybridized carbons (Fsp3) is 0.333. The summed E-state index contributed by atoms with van der Waals surface area (Å²) in [7, 11) is -2.57. The van der Waals surface area contributed by atoms with Gasteiger partial charge >= 0.3 is 0 Å². The minimum atomic E-state index is -4.08. The van der Waals surface area contributed by atoms with E-state index in [-0.39, 0.29) is 23.3 Å². The van der Waals surface area contributed by atoms with E-state index in [1.807, 2.05) is 50.2 Å². The Morgan fingerprint density at radius 2 is 1.34 bits per heavy atom. The number of benzene rings is 3. The van der Waals surface area contributed by atoms with Gasteiger partial charge < -0.3 is 10.2 Å². The lowest BCUT2D eigenvalue weighted by Gasteiger charge is -2.32. The van der Waals surface area contributed by atoms with E-state index in [0.717, 1.165) is 26.6 Å². The molecule has 3 aromatic rings. The number of sulfonamides is 1. The molecule has 0 radical (unpaired) electrons. The monoisotopic (exact) mass is 535 g/mol. The highest BCUT2D eigenvalue weighted by Crippen LogP contribution is 2.27. The summed E-state index contributed by atoms with van der Waals surface area (Å²) in [6.07, 6.45) is 0. The van der Waals surface area contributed by atoms with E-state index in [1.165, 1.54) is 11.9 Å². The number of amides is 2. The van der Waals surface area contributed by atoms with Crippen LogP contribution in [0.5, 0.6) is 0 Å². The van der Waals surface area contributed by atoms with E-state index >= 15 is 0 Å². The third kappa shape index (κ3) is 6.81. The number of rotatable bonds is 10. The molecule has 0 spiro atoms. The first-order valence-electron chi connectivity index (χ1n) is 12.7. The van der Waals surface area contributed by atoms with Gasteiger partial charge in [0.1, 0.15) is 12.6 Å². The van der Waals surface area contributed by atoms with Crippen LogP contribution in [-0.2, 0) is 26.2 Å². The molecule has 1 atom stereocenters. The molecule has 3 aromatic carbocycles. The van der Waals surface area contributed by atoms with Gasteiger partial charge in [0.2, 0.25) is 11.8 Å². The zero-order valence-electron chi connectivity index (χ0n) is 22.9. The van der Waals surface area contributed by atoms with Gasteiger partial charge in [-0.05, 0) is 62.1 Å². The van der Waals surface area contributed by atoms with Gasteiger partial charge in [0.05, 0.1) is 10.6 Å². The Kier molecular flexibility index (Phi) is 9.33. The minimum absolute atomic E-state index is 0.0910. The minimum Gasteiger partial charge on any atom is -0.357 e. The van der Waals surface area contributed by atoms with Crippen molar-refractivity contribution < 1.29 is 18.0 Å². The summed E-state index contributed by atoms with van der Waals surface area (Å²) >= 11 is 0. The average molecular weight is 536 g/mol. The van der Waals surface area contributed by atoms with Crippen molar-refractivity contribution in [3.8, 4) is 0 Å². The first-order chi connectivity index (χ1) is 17.9. The maximum Gasteiger partial charge on any atom is 0.264 e. The van der Waals surface area contributed by atoms with Gasteiger partial charge in [0.15, 0.2) is 0 Å². The van der Waals surface area contributed by atoms with Crippen LogP contribution in [0.1, 0.15) is 48.9 Å². The summed E-state index contributed by atoms with van der Waals surface area (Å²) in [6.45, 7) is 9.32. The van der Waals surface area contributed by atoms with Crippen LogP contribution in [-0.4, -0.2) is 44.8 Å². The molecule has 1 N–H and O–H groups in total. The Labute approximate surface area is 226 Å². The molecule has 7 nitrogen and oxygen atoms in total. The van der Waals surface area contributed by atoms with Gasteiger partial charge in [-0.2, -0.15) is 0 Å². The molecule has 0 aliphatic rings. The summed E-state index contributed by atoms with van der Waals surface area (Å²) in [4.78, 5) is 27.9. The average Bonchev–Trinajstić information content (AvgIpc) is 2.90. The standard InChI is InChI=1S/C30H37N3O4S/c1-21(2)26-13-15-27(16-14-26)33(38(36,37)28-17-9-23(4)10-18-28)20-29(34)32(24(5)30(35)31-6)19-25-11-7-22(3)8-12-25/h7-18,21,24H,19-20H2,1-6H3,(H,31,35)/t24-/m0/s1. The van der Waals surface area contributed by atoms with Crippen molar-refractivity contribution in [3.05, 3.63) is 95.1 Å². The second-order valence-corrected chi connectivity index (χ2v) is 11.7. The van der Waals surface area contributed by atoms with Gasteiger partial charge in [-0.15, -0.1) is 0 Å². The Morgan fingerprint density at radius 1 is 0.816 bits per heavy atom. The summed E-state index contributed by atoms with van der Waals surface area (Å²) in [6, 6.07) is 20.6. The van der Waals surface area contributed by atoms with Gasteiger partial charge in [0.25, 0.3) is 10.0 Å². The van der Waals surface area contributed by atoms with Crippen molar-refractivity contribution in [3.63, 3.8) is 0 Å². The molecule has 0 bridgehead atoms. The molecule has 8 heteroatoms. The quantitative estimate of drug-likeness (QED) is 0.405. The smallest absolute Gasteiger partial charge is 0.264 e. The predicted molar refractivity (Wildman–Crippen MR) is 151 cm³/mol. The predicted octanol–water partition coefficient (Wildman–Crippen LogP) is 4.79. The molecule has 0 heterocycles. The Bertz CT molecular complexity index is 1350. The molecule has 38 heavy (non-hydrogen) atoms. The normalized spacial score (nSPS) is 12.2. The van der Waals surface area contributed by atoms with E-state index in [9.17, 15) is 18.0 Å². The van der Waals surface area contributed by atoms with Gasteiger partial charge in [-0.1, -0.05) is 73.5 Å². The van der Waals surface area contributed by atoms with Crippen molar-refractivity contribution in [2.75, 3.05) is 17.9 Å². The van der Waals surface area contributed by atoms with Crippen molar-refractivity contribution in [2.45, 2.75) is 58.0 Å². The summed E-state index contributed by atoms with van der Waals surface area (Å²) < 4.78 is 28.8. The van der Waals surface area contributed by atoms with Gasteiger partial charge in [0, 0.05) is 13.6 Å². The maximum atomic E-state index is 13.9. The Hall–Kier alpha value is -3.65. The van der Waals surface area contributed by atoms with Crippen LogP contribution in [0.4, 0.5) is 5.69 Å². The fourth-order valence-corrected chi connectivity index (χ4v) is 5.49. The largest absolute Gasteiger partial charge is 0.357 e. The fourth-order valence-electron chi connectivity index (χ4n) is 4.07. The summed E-state index contributed by atoms with van der Waals surface area (Å²) in [5, 5.41) is 2.59. The molecule has 0 fully saturated rings. The third-order valence-electron chi connectivity index (χ3n) is 6.62. The van der Waals surface area contributed by atoms with Crippen LogP contribution in [0.15, 0.2) is 77.7 Å². The Morgan fingerprint density at radius 3 is 1.84 bits per heavy atom. The van der Waals surface area contributed by atoms with E-state index in [2.05, 4.69) is 19.2 Å². The molecular formula is C30H37N3O4S. The molecule has 3 rings (SSSR count). The number of hydrogen-bond donors (Lipinski definition) is 1. The zero-order valence-corrected chi connectivity index (χ0v) is 23.7. The number of anilines is 1. The highest BCUT2D eigenvalue weighted by atomic mass is 32.2. The van der Waals surface area contributed by atoms with E-state index in [1.54, 1.807) is 43.3 Å². The number of nitrogens with one attached hydrogen (secondary N) is 1. The summed E-state index contributed by atoms with van der Waals surface area (Å²) in [5.74, 6) is -0.545. The van der Waals surface area contributed by atoms with Crippen LogP contribution in [0.3, 0.4) is 0 Å². The SMILES string of the molecule is CNC(=O)[C@H](C)N(Cc1ccc(C)cc1)C(=O)CN(c1ccc(C(C)C)cc1)S(=O)(=O)c1ccc(C)cc1. The number of carbonyl (C=O) groups is 2. The van der Waals surface area contributed by atoms with Crippen molar-refractivity contribution in [1.29, 1.82) is 0 Å². The number of likely N-dealkylation sites (N-methyl/N-ethyl adjacent to an activating group) is 1. The summed E-state index contributed by atoms with van der Waals surface area (Å²) in [5.41, 5.74) is 4.28. The lowest BCUT2D eigenvalue weighted by atomic mass is 10.0. The molecule has 0 aliphatic carbocycles. The molecule has 0 saturated carbocycles. The molecule has 0 saturated heterocycles. The van der Waals surface area contributed by atoms with Crippen LogP contribution in [0, 0.1) is 13.8 Å². The van der Waals surface area contributed by atoms with Crippen LogP contribution in [0.2, 0.25) is 0 Å². The lowest BCUT2D eigenvalue weighted by Crippen LogP contribution is -2.50. The molecular weight excluding hydrogens is 498 g/mol. The van der Waals surface area contributed by atoms with Crippen LogP contribution < -0.4 is 9.62 Å². The zero-order chi connectivity index (χ0) is 28.0. The van der Waals surface area contributed by atoms with E-state index < -0.39 is 28.5 Å².